The monoisotopic (exact) mass is 323 g/mol. The van der Waals surface area contributed by atoms with Gasteiger partial charge >= 0.3 is 12.1 Å². The molecule has 1 aromatic rings. The number of carboxylic acid groups (broad SMARTS) is 1. The van der Waals surface area contributed by atoms with E-state index in [0.29, 0.717) is 18.4 Å². The maximum absolute atomic E-state index is 13.8. The number of rotatable bonds is 3. The van der Waals surface area contributed by atoms with Crippen molar-refractivity contribution in [2.45, 2.75) is 45.3 Å². The van der Waals surface area contributed by atoms with Gasteiger partial charge in [0.05, 0.1) is 0 Å². The average molecular weight is 323 g/mol. The van der Waals surface area contributed by atoms with Crippen LogP contribution in [0.3, 0.4) is 0 Å². The van der Waals surface area contributed by atoms with Gasteiger partial charge in [-0.25, -0.2) is 14.0 Å². The number of nitrogens with zero attached hydrogens (tertiary/aromatic N) is 1. The van der Waals surface area contributed by atoms with Gasteiger partial charge in [-0.1, -0.05) is 18.2 Å². The molecule has 1 heterocycles. The van der Waals surface area contributed by atoms with E-state index in [1.165, 1.54) is 11.0 Å². The van der Waals surface area contributed by atoms with Crippen LogP contribution in [0.4, 0.5) is 9.18 Å². The summed E-state index contributed by atoms with van der Waals surface area (Å²) in [5, 5.41) is 9.35. The highest BCUT2D eigenvalue weighted by atomic mass is 19.1. The second-order valence-electron chi connectivity index (χ2n) is 6.88. The van der Waals surface area contributed by atoms with Crippen molar-refractivity contribution in [2.24, 2.45) is 5.92 Å². The quantitative estimate of drug-likeness (QED) is 0.928. The number of amides is 1. The Morgan fingerprint density at radius 3 is 2.57 bits per heavy atom. The summed E-state index contributed by atoms with van der Waals surface area (Å²) in [5.74, 6) is -1.48. The molecule has 1 amide bonds. The van der Waals surface area contributed by atoms with E-state index in [1.54, 1.807) is 39.0 Å². The normalized spacial score (nSPS) is 21.3. The molecule has 1 aliphatic rings. The van der Waals surface area contributed by atoms with Gasteiger partial charge < -0.3 is 9.84 Å². The van der Waals surface area contributed by atoms with Gasteiger partial charge in [0.2, 0.25) is 0 Å². The van der Waals surface area contributed by atoms with E-state index in [9.17, 15) is 19.1 Å². The summed E-state index contributed by atoms with van der Waals surface area (Å²) in [6, 6.07) is 5.49. The first-order valence-electron chi connectivity index (χ1n) is 7.63. The molecule has 0 bridgehead atoms. The number of ether oxygens (including phenoxy) is 1. The standard InChI is InChI=1S/C17H22FNO4/c1-17(2,3)23-16(22)19-10-11(9-14(19)15(20)21)8-12-6-4-5-7-13(12)18/h4-7,11,14H,8-10H2,1-3H3,(H,20,21)/t11-,14+/m1/s1. The number of benzene rings is 1. The zero-order valence-corrected chi connectivity index (χ0v) is 13.6. The summed E-state index contributed by atoms with van der Waals surface area (Å²) in [6.07, 6.45) is 0.0551. The molecule has 1 aromatic carbocycles. The number of carbonyl (C=O) groups excluding carboxylic acids is 1. The summed E-state index contributed by atoms with van der Waals surface area (Å²) < 4.78 is 19.0. The van der Waals surface area contributed by atoms with Crippen molar-refractivity contribution < 1.29 is 23.8 Å². The van der Waals surface area contributed by atoms with Gasteiger partial charge in [0.25, 0.3) is 0 Å². The van der Waals surface area contributed by atoms with E-state index in [2.05, 4.69) is 0 Å². The summed E-state index contributed by atoms with van der Waals surface area (Å²) in [5.41, 5.74) is -0.156. The molecule has 23 heavy (non-hydrogen) atoms. The van der Waals surface area contributed by atoms with Crippen molar-refractivity contribution in [3.8, 4) is 0 Å². The van der Waals surface area contributed by atoms with Gasteiger partial charge in [-0.3, -0.25) is 4.90 Å². The largest absolute Gasteiger partial charge is 0.480 e. The lowest BCUT2D eigenvalue weighted by Crippen LogP contribution is -2.43. The van der Waals surface area contributed by atoms with Crippen LogP contribution in [0.5, 0.6) is 0 Å². The summed E-state index contributed by atoms with van der Waals surface area (Å²) in [4.78, 5) is 24.9. The molecule has 126 valence electrons. The highest BCUT2D eigenvalue weighted by Crippen LogP contribution is 2.29. The van der Waals surface area contributed by atoms with Gasteiger partial charge in [0.15, 0.2) is 0 Å². The molecule has 0 unspecified atom stereocenters. The lowest BCUT2D eigenvalue weighted by atomic mass is 9.96. The van der Waals surface area contributed by atoms with Crippen LogP contribution in [-0.4, -0.2) is 40.3 Å². The molecule has 1 aliphatic heterocycles. The van der Waals surface area contributed by atoms with Crippen LogP contribution in [0.1, 0.15) is 32.8 Å². The van der Waals surface area contributed by atoms with E-state index in [1.807, 2.05) is 0 Å². The second-order valence-corrected chi connectivity index (χ2v) is 6.88. The lowest BCUT2D eigenvalue weighted by molar-refractivity contribution is -0.142. The maximum atomic E-state index is 13.8. The molecule has 0 aromatic heterocycles. The lowest BCUT2D eigenvalue weighted by Gasteiger charge is -2.26. The van der Waals surface area contributed by atoms with E-state index in [4.69, 9.17) is 4.74 Å². The molecule has 0 aliphatic carbocycles. The first-order valence-corrected chi connectivity index (χ1v) is 7.63. The summed E-state index contributed by atoms with van der Waals surface area (Å²) >= 11 is 0. The van der Waals surface area contributed by atoms with Gasteiger partial charge in [-0.05, 0) is 51.2 Å². The Hall–Kier alpha value is -2.11. The Morgan fingerprint density at radius 2 is 2.00 bits per heavy atom. The molecule has 5 nitrogen and oxygen atoms in total. The van der Waals surface area contributed by atoms with E-state index in [-0.39, 0.29) is 18.3 Å². The van der Waals surface area contributed by atoms with Crippen LogP contribution in [-0.2, 0) is 16.0 Å². The number of carbonyl (C=O) groups is 2. The van der Waals surface area contributed by atoms with E-state index in [0.717, 1.165) is 0 Å². The minimum absolute atomic E-state index is 0.111. The Kier molecular flexibility index (Phi) is 4.92. The molecular formula is C17H22FNO4. The molecule has 1 N–H and O–H groups in total. The van der Waals surface area contributed by atoms with Crippen LogP contribution in [0.25, 0.3) is 0 Å². The van der Waals surface area contributed by atoms with E-state index >= 15 is 0 Å². The fourth-order valence-corrected chi connectivity index (χ4v) is 2.80. The van der Waals surface area contributed by atoms with Crippen LogP contribution < -0.4 is 0 Å². The minimum Gasteiger partial charge on any atom is -0.480 e. The molecule has 0 saturated carbocycles. The van der Waals surface area contributed by atoms with Crippen molar-refractivity contribution in [3.63, 3.8) is 0 Å². The first-order chi connectivity index (χ1) is 10.7. The number of halogens is 1. The smallest absolute Gasteiger partial charge is 0.411 e. The second kappa shape index (κ2) is 6.56. The highest BCUT2D eigenvalue weighted by molar-refractivity contribution is 5.81. The Labute approximate surface area is 135 Å². The minimum atomic E-state index is -1.06. The van der Waals surface area contributed by atoms with Crippen LogP contribution >= 0.6 is 0 Å². The van der Waals surface area contributed by atoms with Crippen LogP contribution in [0.2, 0.25) is 0 Å². The fraction of sp³-hybridized carbons (Fsp3) is 0.529. The number of hydrogen-bond acceptors (Lipinski definition) is 3. The molecule has 6 heteroatoms. The van der Waals surface area contributed by atoms with Crippen molar-refractivity contribution in [1.29, 1.82) is 0 Å². The van der Waals surface area contributed by atoms with Gasteiger partial charge in [-0.2, -0.15) is 0 Å². The number of aliphatic carboxylic acids is 1. The molecule has 2 atom stereocenters. The van der Waals surface area contributed by atoms with Crippen molar-refractivity contribution in [2.75, 3.05) is 6.54 Å². The van der Waals surface area contributed by atoms with Gasteiger partial charge in [0.1, 0.15) is 17.5 Å². The fourth-order valence-electron chi connectivity index (χ4n) is 2.80. The molecule has 2 rings (SSSR count). The predicted octanol–water partition coefficient (Wildman–Crippen LogP) is 3.08. The Bertz CT molecular complexity index is 597. The number of likely N-dealkylation sites (tertiary alicyclic amines) is 1. The number of hydrogen-bond donors (Lipinski definition) is 1. The Balaban J connectivity index is 2.10. The van der Waals surface area contributed by atoms with Crippen molar-refractivity contribution in [3.05, 3.63) is 35.6 Å². The van der Waals surface area contributed by atoms with Crippen LogP contribution in [0, 0.1) is 11.7 Å². The molecule has 0 spiro atoms. The zero-order chi connectivity index (χ0) is 17.2. The molecule has 0 radical (unpaired) electrons. The molecule has 1 fully saturated rings. The number of carboxylic acids is 1. The highest BCUT2D eigenvalue weighted by Gasteiger charge is 2.41. The summed E-state index contributed by atoms with van der Waals surface area (Å²) in [6.45, 7) is 5.44. The summed E-state index contributed by atoms with van der Waals surface area (Å²) in [7, 11) is 0. The third-order valence-electron chi connectivity index (χ3n) is 3.77. The zero-order valence-electron chi connectivity index (χ0n) is 13.6. The van der Waals surface area contributed by atoms with Gasteiger partial charge in [0, 0.05) is 6.54 Å². The van der Waals surface area contributed by atoms with Crippen molar-refractivity contribution in [1.82, 2.24) is 4.90 Å². The molecular weight excluding hydrogens is 301 g/mol. The van der Waals surface area contributed by atoms with Gasteiger partial charge in [-0.15, -0.1) is 0 Å². The maximum Gasteiger partial charge on any atom is 0.411 e. The average Bonchev–Trinajstić information content (AvgIpc) is 2.84. The van der Waals surface area contributed by atoms with Crippen LogP contribution in [0.15, 0.2) is 24.3 Å². The Morgan fingerprint density at radius 1 is 1.35 bits per heavy atom. The molecule has 1 saturated heterocycles. The van der Waals surface area contributed by atoms with Crippen molar-refractivity contribution >= 4 is 12.1 Å². The van der Waals surface area contributed by atoms with E-state index < -0.39 is 23.7 Å². The third kappa shape index (κ3) is 4.43. The topological polar surface area (TPSA) is 66.8 Å². The first kappa shape index (κ1) is 17.2. The predicted molar refractivity (Wildman–Crippen MR) is 82.6 cm³/mol. The SMILES string of the molecule is CC(C)(C)OC(=O)N1C[C@H](Cc2ccccc2F)C[C@H]1C(=O)O. The third-order valence-corrected chi connectivity index (χ3v) is 3.77.